The number of fused-ring (bicyclic) bond motifs is 2. The molecular weight excluding hydrogens is 380 g/mol. The zero-order valence-corrected chi connectivity index (χ0v) is 15.7. The van der Waals surface area contributed by atoms with Gasteiger partial charge in [-0.15, -0.1) is 15.3 Å². The Morgan fingerprint density at radius 2 is 1.97 bits per heavy atom. The molecule has 1 aliphatic rings. The van der Waals surface area contributed by atoms with Gasteiger partial charge < -0.3 is 23.5 Å². The van der Waals surface area contributed by atoms with E-state index in [9.17, 15) is 0 Å². The van der Waals surface area contributed by atoms with Gasteiger partial charge in [-0.25, -0.2) is 0 Å². The lowest BCUT2D eigenvalue weighted by Gasteiger charge is -2.18. The number of hydrogen-bond donors (Lipinski definition) is 0. The van der Waals surface area contributed by atoms with E-state index in [1.165, 1.54) is 11.6 Å². The molecule has 0 aromatic carbocycles. The summed E-state index contributed by atoms with van der Waals surface area (Å²) in [6, 6.07) is 5.22. The Kier molecular flexibility index (Phi) is 4.12. The molecule has 29 heavy (non-hydrogen) atoms. The average molecular weight is 396 g/mol. The summed E-state index contributed by atoms with van der Waals surface area (Å²) >= 11 is 0. The van der Waals surface area contributed by atoms with Crippen LogP contribution in [0.25, 0.3) is 17.2 Å². The molecule has 0 radical (unpaired) electrons. The van der Waals surface area contributed by atoms with Gasteiger partial charge in [-0.05, 0) is 6.92 Å². The smallest absolute Gasteiger partial charge is 0.275 e. The fraction of sp³-hybridized carbons (Fsp3) is 0.278. The van der Waals surface area contributed by atoms with Crippen molar-refractivity contribution in [3.8, 4) is 34.6 Å². The molecule has 0 aliphatic carbocycles. The lowest BCUT2D eigenvalue weighted by atomic mass is 10.3. The van der Waals surface area contributed by atoms with Gasteiger partial charge in [-0.3, -0.25) is 4.98 Å². The summed E-state index contributed by atoms with van der Waals surface area (Å²) in [7, 11) is 1.53. The third kappa shape index (κ3) is 3.16. The molecule has 0 bridgehead atoms. The van der Waals surface area contributed by atoms with Gasteiger partial charge in [0.25, 0.3) is 5.88 Å². The molecule has 11 heteroatoms. The standard InChI is InChI=1S/C18H16N6O5/c1-10-5-12(23-29-10)17-21-20-16-7-14(25-2)18(22-24(16)17)28-9-11-6-13-15(8-19-11)27-4-3-26-13/h5-8H,3-4,9H2,1-2H3. The Morgan fingerprint density at radius 3 is 2.76 bits per heavy atom. The Labute approximate surface area is 164 Å². The molecule has 4 aromatic heterocycles. The molecule has 0 amide bonds. The topological polar surface area (TPSA) is 119 Å². The van der Waals surface area contributed by atoms with Gasteiger partial charge in [-0.1, -0.05) is 5.16 Å². The highest BCUT2D eigenvalue weighted by Gasteiger charge is 2.18. The first kappa shape index (κ1) is 17.2. The molecule has 148 valence electrons. The Bertz CT molecular complexity index is 1190. The summed E-state index contributed by atoms with van der Waals surface area (Å²) < 4.78 is 28.9. The molecule has 0 unspecified atom stereocenters. The summed E-state index contributed by atoms with van der Waals surface area (Å²) in [6.07, 6.45) is 1.62. The second-order valence-electron chi connectivity index (χ2n) is 6.24. The van der Waals surface area contributed by atoms with Crippen LogP contribution in [0.4, 0.5) is 0 Å². The van der Waals surface area contributed by atoms with Gasteiger partial charge >= 0.3 is 0 Å². The second-order valence-corrected chi connectivity index (χ2v) is 6.24. The molecule has 1 aliphatic heterocycles. The van der Waals surface area contributed by atoms with E-state index in [-0.39, 0.29) is 12.5 Å². The largest absolute Gasteiger partial charge is 0.491 e. The molecule has 0 saturated heterocycles. The van der Waals surface area contributed by atoms with Gasteiger partial charge in [0.1, 0.15) is 25.6 Å². The van der Waals surface area contributed by atoms with Crippen LogP contribution in [-0.2, 0) is 6.61 Å². The van der Waals surface area contributed by atoms with Crippen LogP contribution in [0.2, 0.25) is 0 Å². The maximum absolute atomic E-state index is 5.86. The fourth-order valence-corrected chi connectivity index (χ4v) is 2.89. The first-order valence-corrected chi connectivity index (χ1v) is 8.83. The highest BCUT2D eigenvalue weighted by atomic mass is 16.6. The van der Waals surface area contributed by atoms with Gasteiger partial charge in [0, 0.05) is 18.2 Å². The van der Waals surface area contributed by atoms with Crippen molar-refractivity contribution in [2.75, 3.05) is 20.3 Å². The average Bonchev–Trinajstić information content (AvgIpc) is 3.36. The van der Waals surface area contributed by atoms with Crippen LogP contribution in [0.1, 0.15) is 11.5 Å². The number of ether oxygens (including phenoxy) is 4. The third-order valence-corrected chi connectivity index (χ3v) is 4.25. The molecule has 0 atom stereocenters. The van der Waals surface area contributed by atoms with Crippen LogP contribution in [-0.4, -0.2) is 50.3 Å². The molecule has 5 heterocycles. The Balaban J connectivity index is 1.45. The third-order valence-electron chi connectivity index (χ3n) is 4.25. The molecule has 5 rings (SSSR count). The highest BCUT2D eigenvalue weighted by molar-refractivity contribution is 5.56. The molecule has 0 saturated carbocycles. The lowest BCUT2D eigenvalue weighted by Crippen LogP contribution is -2.16. The summed E-state index contributed by atoms with van der Waals surface area (Å²) in [4.78, 5) is 4.33. The Morgan fingerprint density at radius 1 is 1.10 bits per heavy atom. The number of methoxy groups -OCH3 is 1. The van der Waals surface area contributed by atoms with Crippen molar-refractivity contribution in [1.82, 2.24) is 30.0 Å². The number of rotatable bonds is 5. The molecule has 11 nitrogen and oxygen atoms in total. The van der Waals surface area contributed by atoms with Crippen molar-refractivity contribution in [2.45, 2.75) is 13.5 Å². The van der Waals surface area contributed by atoms with E-state index >= 15 is 0 Å². The lowest BCUT2D eigenvalue weighted by molar-refractivity contribution is 0.169. The van der Waals surface area contributed by atoms with E-state index in [4.69, 9.17) is 23.5 Å². The number of nitrogens with zero attached hydrogens (tertiary/aromatic N) is 6. The minimum atomic E-state index is 0.159. The first-order valence-electron chi connectivity index (χ1n) is 8.83. The Hall–Kier alpha value is -3.89. The minimum Gasteiger partial charge on any atom is -0.491 e. The normalized spacial score (nSPS) is 12.9. The van der Waals surface area contributed by atoms with Gasteiger partial charge in [0.05, 0.1) is 19.0 Å². The molecule has 0 N–H and O–H groups in total. The van der Waals surface area contributed by atoms with Crippen LogP contribution < -0.4 is 18.9 Å². The molecule has 4 aromatic rings. The summed E-state index contributed by atoms with van der Waals surface area (Å²) in [6.45, 7) is 2.97. The predicted molar refractivity (Wildman–Crippen MR) is 97.1 cm³/mol. The van der Waals surface area contributed by atoms with Gasteiger partial charge in [0.2, 0.25) is 5.82 Å². The van der Waals surface area contributed by atoms with Crippen LogP contribution in [0, 0.1) is 6.92 Å². The fourth-order valence-electron chi connectivity index (χ4n) is 2.89. The summed E-state index contributed by atoms with van der Waals surface area (Å²) in [5.74, 6) is 3.04. The number of hydrogen-bond acceptors (Lipinski definition) is 10. The maximum Gasteiger partial charge on any atom is 0.275 e. The SMILES string of the molecule is COc1cc2nnc(-c3cc(C)on3)n2nc1OCc1cc2c(cn1)OCCO2. The van der Waals surface area contributed by atoms with E-state index in [0.717, 1.165) is 0 Å². The van der Waals surface area contributed by atoms with Crippen LogP contribution >= 0.6 is 0 Å². The van der Waals surface area contributed by atoms with E-state index in [0.29, 0.717) is 59.1 Å². The van der Waals surface area contributed by atoms with E-state index in [1.807, 2.05) is 0 Å². The predicted octanol–water partition coefficient (Wildman–Crippen LogP) is 1.84. The van der Waals surface area contributed by atoms with E-state index < -0.39 is 0 Å². The van der Waals surface area contributed by atoms with Crippen LogP contribution in [0.15, 0.2) is 28.9 Å². The molecule has 0 spiro atoms. The van der Waals surface area contributed by atoms with Crippen molar-refractivity contribution >= 4 is 5.65 Å². The van der Waals surface area contributed by atoms with Crippen molar-refractivity contribution < 1.29 is 23.5 Å². The van der Waals surface area contributed by atoms with Crippen molar-refractivity contribution in [3.05, 3.63) is 35.9 Å². The zero-order chi connectivity index (χ0) is 19.8. The summed E-state index contributed by atoms with van der Waals surface area (Å²) in [5, 5.41) is 16.7. The number of aryl methyl sites for hydroxylation is 1. The van der Waals surface area contributed by atoms with E-state index in [2.05, 4.69) is 25.4 Å². The first-order chi connectivity index (χ1) is 14.2. The minimum absolute atomic E-state index is 0.159. The second kappa shape index (κ2) is 6.93. The van der Waals surface area contributed by atoms with Gasteiger partial charge in [-0.2, -0.15) is 4.52 Å². The maximum atomic E-state index is 5.86. The highest BCUT2D eigenvalue weighted by Crippen LogP contribution is 2.31. The van der Waals surface area contributed by atoms with Crippen molar-refractivity contribution in [2.24, 2.45) is 0 Å². The van der Waals surface area contributed by atoms with Crippen molar-refractivity contribution in [1.29, 1.82) is 0 Å². The zero-order valence-electron chi connectivity index (χ0n) is 15.7. The monoisotopic (exact) mass is 396 g/mol. The number of aromatic nitrogens is 6. The number of pyridine rings is 1. The van der Waals surface area contributed by atoms with Crippen molar-refractivity contribution in [3.63, 3.8) is 0 Å². The van der Waals surface area contributed by atoms with Crippen LogP contribution in [0.3, 0.4) is 0 Å². The quantitative estimate of drug-likeness (QED) is 0.494. The van der Waals surface area contributed by atoms with E-state index in [1.54, 1.807) is 31.3 Å². The van der Waals surface area contributed by atoms with Gasteiger partial charge in [0.15, 0.2) is 28.6 Å². The molecular formula is C18H16N6O5. The van der Waals surface area contributed by atoms with Crippen LogP contribution in [0.5, 0.6) is 23.1 Å². The molecule has 0 fully saturated rings. The summed E-state index contributed by atoms with van der Waals surface area (Å²) in [5.41, 5.74) is 1.67.